The van der Waals surface area contributed by atoms with Gasteiger partial charge in [-0.05, 0) is 0 Å². The van der Waals surface area contributed by atoms with Gasteiger partial charge in [-0.15, -0.1) is 0 Å². The summed E-state index contributed by atoms with van der Waals surface area (Å²) in [6, 6.07) is 12.7. The first kappa shape index (κ1) is 25.5. The van der Waals surface area contributed by atoms with Crippen LogP contribution in [0.15, 0.2) is 30.3 Å². The van der Waals surface area contributed by atoms with Crippen LogP contribution in [0, 0.1) is 0 Å². The zero-order valence-corrected chi connectivity index (χ0v) is 20.6. The van der Waals surface area contributed by atoms with Crippen LogP contribution >= 0.6 is 0 Å². The Morgan fingerprint density at radius 3 is 1.25 bits per heavy atom. The van der Waals surface area contributed by atoms with Crippen LogP contribution in [0.1, 0.15) is 122 Å². The van der Waals surface area contributed by atoms with Crippen molar-refractivity contribution in [2.75, 3.05) is 0 Å². The lowest BCUT2D eigenvalue weighted by Crippen LogP contribution is -2.25. The summed E-state index contributed by atoms with van der Waals surface area (Å²) < 4.78 is 0. The van der Waals surface area contributed by atoms with Crippen molar-refractivity contribution >= 4 is 14.0 Å². The van der Waals surface area contributed by atoms with Gasteiger partial charge < -0.3 is 0 Å². The molecular weight excluding hydrogens is 352 g/mol. The standard InChI is InChI=1S/C27H50Si/c1-3-4-5-6-7-8-9-10-11-12-13-14-15-16-17-18-19-23-26-28(2)27-24-21-20-22-25-27/h20-22,24-25,28H,3-19,23,26H2,1-2H3. The maximum Gasteiger partial charge on any atom is 0.0677 e. The molecule has 28 heavy (non-hydrogen) atoms. The molecule has 0 N–H and O–H groups in total. The van der Waals surface area contributed by atoms with Gasteiger partial charge in [0.15, 0.2) is 0 Å². The van der Waals surface area contributed by atoms with Crippen molar-refractivity contribution < 1.29 is 0 Å². The highest BCUT2D eigenvalue weighted by molar-refractivity contribution is 6.71. The normalized spacial score (nSPS) is 12.4. The molecule has 0 heterocycles. The van der Waals surface area contributed by atoms with E-state index in [1.165, 1.54) is 122 Å². The predicted molar refractivity (Wildman–Crippen MR) is 133 cm³/mol. The first-order chi connectivity index (χ1) is 13.8. The Bertz CT molecular complexity index is 414. The summed E-state index contributed by atoms with van der Waals surface area (Å²) in [6.07, 6.45) is 26.4. The highest BCUT2D eigenvalue weighted by Crippen LogP contribution is 2.15. The van der Waals surface area contributed by atoms with Gasteiger partial charge in [0.2, 0.25) is 0 Å². The van der Waals surface area contributed by atoms with Crippen LogP contribution in [0.25, 0.3) is 0 Å². The van der Waals surface area contributed by atoms with E-state index in [1.807, 2.05) is 0 Å². The second-order valence-corrected chi connectivity index (χ2v) is 12.2. The molecule has 0 aromatic heterocycles. The van der Waals surface area contributed by atoms with E-state index in [9.17, 15) is 0 Å². The van der Waals surface area contributed by atoms with Crippen molar-refractivity contribution in [3.05, 3.63) is 30.3 Å². The van der Waals surface area contributed by atoms with Crippen molar-refractivity contribution in [3.8, 4) is 0 Å². The lowest BCUT2D eigenvalue weighted by Gasteiger charge is -2.09. The van der Waals surface area contributed by atoms with E-state index >= 15 is 0 Å². The molecule has 0 spiro atoms. The molecule has 1 aromatic rings. The fourth-order valence-electron chi connectivity index (χ4n) is 4.30. The molecule has 0 saturated heterocycles. The van der Waals surface area contributed by atoms with Crippen LogP contribution in [-0.4, -0.2) is 8.80 Å². The van der Waals surface area contributed by atoms with Gasteiger partial charge in [-0.1, -0.05) is 171 Å². The third kappa shape index (κ3) is 15.4. The topological polar surface area (TPSA) is 0 Å². The smallest absolute Gasteiger partial charge is 0.0677 e. The number of hydrogen-bond acceptors (Lipinski definition) is 0. The van der Waals surface area contributed by atoms with E-state index in [-0.39, 0.29) is 0 Å². The number of unbranched alkanes of at least 4 members (excludes halogenated alkanes) is 17. The second kappa shape index (κ2) is 19.7. The molecule has 1 unspecified atom stereocenters. The van der Waals surface area contributed by atoms with Crippen LogP contribution in [0.4, 0.5) is 0 Å². The summed E-state index contributed by atoms with van der Waals surface area (Å²) in [4.78, 5) is 0. The molecule has 1 aromatic carbocycles. The summed E-state index contributed by atoms with van der Waals surface area (Å²) >= 11 is 0. The average molecular weight is 403 g/mol. The van der Waals surface area contributed by atoms with Gasteiger partial charge in [0.05, 0.1) is 8.80 Å². The Morgan fingerprint density at radius 2 is 0.857 bits per heavy atom. The van der Waals surface area contributed by atoms with Crippen molar-refractivity contribution in [1.29, 1.82) is 0 Å². The second-order valence-electron chi connectivity index (χ2n) is 9.11. The molecule has 162 valence electrons. The van der Waals surface area contributed by atoms with Gasteiger partial charge in [-0.2, -0.15) is 0 Å². The minimum Gasteiger partial charge on any atom is -0.0680 e. The molecule has 1 rings (SSSR count). The van der Waals surface area contributed by atoms with Gasteiger partial charge in [0.25, 0.3) is 0 Å². The molecule has 0 saturated carbocycles. The van der Waals surface area contributed by atoms with Gasteiger partial charge in [-0.3, -0.25) is 0 Å². The van der Waals surface area contributed by atoms with E-state index in [2.05, 4.69) is 43.8 Å². The first-order valence-corrected chi connectivity index (χ1v) is 15.4. The SMILES string of the molecule is CCCCCCCCCCCCCCCCCCCC[SiH](C)c1ccccc1. The van der Waals surface area contributed by atoms with Gasteiger partial charge in [-0.25, -0.2) is 0 Å². The maximum atomic E-state index is 2.52. The third-order valence-corrected chi connectivity index (χ3v) is 9.16. The van der Waals surface area contributed by atoms with Gasteiger partial charge in [0.1, 0.15) is 0 Å². The Hall–Kier alpha value is -0.563. The van der Waals surface area contributed by atoms with Gasteiger partial charge >= 0.3 is 0 Å². The summed E-state index contributed by atoms with van der Waals surface area (Å²) in [5.74, 6) is 0. The maximum absolute atomic E-state index is 2.52. The molecular formula is C27H50Si. The molecule has 0 radical (unpaired) electrons. The monoisotopic (exact) mass is 402 g/mol. The highest BCUT2D eigenvalue weighted by atomic mass is 28.3. The molecule has 0 amide bonds. The molecule has 1 atom stereocenters. The quantitative estimate of drug-likeness (QED) is 0.151. The molecule has 0 fully saturated rings. The van der Waals surface area contributed by atoms with Crippen LogP contribution in [0.2, 0.25) is 12.6 Å². The number of hydrogen-bond donors (Lipinski definition) is 0. The van der Waals surface area contributed by atoms with E-state index < -0.39 is 8.80 Å². The summed E-state index contributed by atoms with van der Waals surface area (Å²) in [7, 11) is -0.657. The summed E-state index contributed by atoms with van der Waals surface area (Å²) in [5, 5.41) is 1.65. The van der Waals surface area contributed by atoms with E-state index in [4.69, 9.17) is 0 Å². The molecule has 0 nitrogen and oxygen atoms in total. The lowest BCUT2D eigenvalue weighted by atomic mass is 10.0. The van der Waals surface area contributed by atoms with Crippen LogP contribution in [0.5, 0.6) is 0 Å². The molecule has 1 heteroatoms. The molecule has 0 aliphatic carbocycles. The number of rotatable bonds is 20. The van der Waals surface area contributed by atoms with Crippen LogP contribution < -0.4 is 5.19 Å². The third-order valence-electron chi connectivity index (χ3n) is 6.36. The van der Waals surface area contributed by atoms with Gasteiger partial charge in [0, 0.05) is 0 Å². The predicted octanol–water partition coefficient (Wildman–Crippen LogP) is 8.79. The van der Waals surface area contributed by atoms with E-state index in [1.54, 1.807) is 5.19 Å². The molecule has 0 aliphatic heterocycles. The molecule has 0 bridgehead atoms. The fraction of sp³-hybridized carbons (Fsp3) is 0.778. The summed E-state index contributed by atoms with van der Waals surface area (Å²) in [5.41, 5.74) is 0. The van der Waals surface area contributed by atoms with Crippen LogP contribution in [0.3, 0.4) is 0 Å². The van der Waals surface area contributed by atoms with Crippen molar-refractivity contribution in [2.45, 2.75) is 135 Å². The first-order valence-electron chi connectivity index (χ1n) is 12.9. The van der Waals surface area contributed by atoms with E-state index in [0.717, 1.165) is 0 Å². The van der Waals surface area contributed by atoms with E-state index in [0.29, 0.717) is 0 Å². The Balaban J connectivity index is 1.73. The van der Waals surface area contributed by atoms with Crippen molar-refractivity contribution in [2.24, 2.45) is 0 Å². The largest absolute Gasteiger partial charge is 0.0680 e. The highest BCUT2D eigenvalue weighted by Gasteiger charge is 2.05. The zero-order chi connectivity index (χ0) is 20.1. The Morgan fingerprint density at radius 1 is 0.500 bits per heavy atom. The Kier molecular flexibility index (Phi) is 18.0. The Labute approximate surface area is 179 Å². The van der Waals surface area contributed by atoms with Crippen molar-refractivity contribution in [1.82, 2.24) is 0 Å². The average Bonchev–Trinajstić information content (AvgIpc) is 2.73. The molecule has 0 aliphatic rings. The van der Waals surface area contributed by atoms with Crippen LogP contribution in [-0.2, 0) is 0 Å². The lowest BCUT2D eigenvalue weighted by molar-refractivity contribution is 0.526. The van der Waals surface area contributed by atoms with Crippen molar-refractivity contribution in [3.63, 3.8) is 0 Å². The minimum atomic E-state index is -0.657. The summed E-state index contributed by atoms with van der Waals surface area (Å²) in [6.45, 7) is 4.82. The number of benzene rings is 1. The zero-order valence-electron chi connectivity index (χ0n) is 19.4. The minimum absolute atomic E-state index is 0.657. The fourth-order valence-corrected chi connectivity index (χ4v) is 6.41.